The van der Waals surface area contributed by atoms with E-state index >= 15 is 0 Å². The van der Waals surface area contributed by atoms with Crippen LogP contribution in [0, 0.1) is 0 Å². The Morgan fingerprint density at radius 3 is 2.25 bits per heavy atom. The molecule has 2 amide bonds. The Morgan fingerprint density at radius 2 is 1.71 bits per heavy atom. The summed E-state index contributed by atoms with van der Waals surface area (Å²) >= 11 is 0. The SMILES string of the molecule is N[C@@H](CC(=O)O)c1nnc(CNC(=O)NC(CC(=O)O)C(=O)O)o1. The quantitative estimate of drug-likeness (QED) is 0.295. The molecule has 1 rings (SSSR count). The number of aromatic nitrogens is 2. The fourth-order valence-electron chi connectivity index (χ4n) is 1.50. The van der Waals surface area contributed by atoms with Gasteiger partial charge in [0.1, 0.15) is 6.04 Å². The monoisotopic (exact) mass is 345 g/mol. The number of aliphatic carboxylic acids is 3. The van der Waals surface area contributed by atoms with Crippen LogP contribution in [0.3, 0.4) is 0 Å². The molecule has 0 spiro atoms. The van der Waals surface area contributed by atoms with Crippen LogP contribution in [0.1, 0.15) is 30.7 Å². The fourth-order valence-corrected chi connectivity index (χ4v) is 1.50. The van der Waals surface area contributed by atoms with Crippen molar-refractivity contribution in [3.63, 3.8) is 0 Å². The smallest absolute Gasteiger partial charge is 0.326 e. The van der Waals surface area contributed by atoms with Crippen molar-refractivity contribution in [2.45, 2.75) is 31.5 Å². The predicted octanol–water partition coefficient (Wildman–Crippen LogP) is -1.73. The van der Waals surface area contributed by atoms with Gasteiger partial charge in [0.25, 0.3) is 0 Å². The summed E-state index contributed by atoms with van der Waals surface area (Å²) in [6.45, 7) is -0.294. The van der Waals surface area contributed by atoms with Gasteiger partial charge in [-0.3, -0.25) is 9.59 Å². The van der Waals surface area contributed by atoms with Gasteiger partial charge < -0.3 is 36.1 Å². The average molecular weight is 345 g/mol. The molecular formula is C11H15N5O8. The van der Waals surface area contributed by atoms with Crippen LogP contribution in [0.25, 0.3) is 0 Å². The van der Waals surface area contributed by atoms with Crippen molar-refractivity contribution in [1.29, 1.82) is 0 Å². The van der Waals surface area contributed by atoms with E-state index in [1.807, 2.05) is 5.32 Å². The van der Waals surface area contributed by atoms with Gasteiger partial charge in [-0.05, 0) is 0 Å². The molecule has 1 aromatic rings. The lowest BCUT2D eigenvalue weighted by Gasteiger charge is -2.12. The van der Waals surface area contributed by atoms with Gasteiger partial charge in [-0.1, -0.05) is 0 Å². The number of nitrogens with zero attached hydrogens (tertiary/aromatic N) is 2. The molecule has 0 saturated heterocycles. The van der Waals surface area contributed by atoms with E-state index in [1.54, 1.807) is 0 Å². The lowest BCUT2D eigenvalue weighted by molar-refractivity contribution is -0.145. The largest absolute Gasteiger partial charge is 0.481 e. The van der Waals surface area contributed by atoms with E-state index in [2.05, 4.69) is 15.5 Å². The summed E-state index contributed by atoms with van der Waals surface area (Å²) in [6.07, 6.45) is -1.22. The lowest BCUT2D eigenvalue weighted by Crippen LogP contribution is -2.46. The fraction of sp³-hybridized carbons (Fsp3) is 0.455. The molecule has 0 aromatic carbocycles. The maximum Gasteiger partial charge on any atom is 0.326 e. The minimum absolute atomic E-state index is 0.0916. The number of rotatable bonds is 9. The number of carboxylic acids is 3. The first-order chi connectivity index (χ1) is 11.2. The van der Waals surface area contributed by atoms with Gasteiger partial charge in [0.05, 0.1) is 25.4 Å². The van der Waals surface area contributed by atoms with Crippen LogP contribution in [-0.4, -0.2) is 55.5 Å². The first-order valence-electron chi connectivity index (χ1n) is 6.47. The molecular weight excluding hydrogens is 330 g/mol. The van der Waals surface area contributed by atoms with Crippen LogP contribution < -0.4 is 16.4 Å². The summed E-state index contributed by atoms with van der Waals surface area (Å²) < 4.78 is 5.05. The second-order valence-electron chi connectivity index (χ2n) is 4.55. The summed E-state index contributed by atoms with van der Waals surface area (Å²) in [7, 11) is 0. The van der Waals surface area contributed by atoms with Gasteiger partial charge in [-0.25, -0.2) is 9.59 Å². The first kappa shape index (κ1) is 18.8. The Hall–Kier alpha value is -3.22. The maximum atomic E-state index is 11.5. The molecule has 1 aromatic heterocycles. The van der Waals surface area contributed by atoms with Crippen LogP contribution in [-0.2, 0) is 20.9 Å². The van der Waals surface area contributed by atoms with Crippen molar-refractivity contribution in [3.8, 4) is 0 Å². The van der Waals surface area contributed by atoms with Crippen molar-refractivity contribution in [3.05, 3.63) is 11.8 Å². The third-order valence-corrected chi connectivity index (χ3v) is 2.58. The minimum Gasteiger partial charge on any atom is -0.481 e. The average Bonchev–Trinajstić information content (AvgIpc) is 2.92. The van der Waals surface area contributed by atoms with Crippen LogP contribution in [0.2, 0.25) is 0 Å². The highest BCUT2D eigenvalue weighted by atomic mass is 16.4. The summed E-state index contributed by atoms with van der Waals surface area (Å²) in [5.41, 5.74) is 5.51. The summed E-state index contributed by atoms with van der Waals surface area (Å²) in [5, 5.41) is 37.1. The number of urea groups is 1. The van der Waals surface area contributed by atoms with E-state index in [0.29, 0.717) is 0 Å². The first-order valence-corrected chi connectivity index (χ1v) is 6.47. The van der Waals surface area contributed by atoms with E-state index in [4.69, 9.17) is 25.5 Å². The summed E-state index contributed by atoms with van der Waals surface area (Å²) in [5.74, 6) is -4.28. The second kappa shape index (κ2) is 8.42. The molecule has 1 heterocycles. The third kappa shape index (κ3) is 6.27. The Labute approximate surface area is 133 Å². The number of hydrogen-bond acceptors (Lipinski definition) is 8. The number of carboxylic acid groups (broad SMARTS) is 3. The number of hydrogen-bond donors (Lipinski definition) is 6. The zero-order chi connectivity index (χ0) is 18.3. The Balaban J connectivity index is 2.52. The molecule has 2 atom stereocenters. The van der Waals surface area contributed by atoms with Crippen molar-refractivity contribution < 1.29 is 38.9 Å². The predicted molar refractivity (Wildman–Crippen MR) is 72.5 cm³/mol. The molecule has 13 heteroatoms. The Kier molecular flexibility index (Phi) is 6.61. The highest BCUT2D eigenvalue weighted by Crippen LogP contribution is 2.12. The molecule has 0 bridgehead atoms. The van der Waals surface area contributed by atoms with Crippen molar-refractivity contribution in [2.24, 2.45) is 5.73 Å². The topological polar surface area (TPSA) is 218 Å². The van der Waals surface area contributed by atoms with Gasteiger partial charge >= 0.3 is 23.9 Å². The van der Waals surface area contributed by atoms with E-state index in [1.165, 1.54) is 0 Å². The summed E-state index contributed by atoms with van der Waals surface area (Å²) in [4.78, 5) is 43.3. The molecule has 0 aliphatic heterocycles. The van der Waals surface area contributed by atoms with Crippen LogP contribution in [0.15, 0.2) is 4.42 Å². The van der Waals surface area contributed by atoms with Gasteiger partial charge in [-0.2, -0.15) is 0 Å². The van der Waals surface area contributed by atoms with Crippen LogP contribution in [0.4, 0.5) is 4.79 Å². The number of amides is 2. The highest BCUT2D eigenvalue weighted by molar-refractivity contribution is 5.86. The highest BCUT2D eigenvalue weighted by Gasteiger charge is 2.23. The second-order valence-corrected chi connectivity index (χ2v) is 4.55. The Bertz CT molecular complexity index is 630. The number of nitrogens with two attached hydrogens (primary N) is 1. The van der Waals surface area contributed by atoms with Crippen molar-refractivity contribution >= 4 is 23.9 Å². The van der Waals surface area contributed by atoms with Gasteiger partial charge in [0.15, 0.2) is 0 Å². The molecule has 132 valence electrons. The normalized spacial score (nSPS) is 12.9. The van der Waals surface area contributed by atoms with E-state index in [9.17, 15) is 19.2 Å². The van der Waals surface area contributed by atoms with Crippen LogP contribution in [0.5, 0.6) is 0 Å². The zero-order valence-corrected chi connectivity index (χ0v) is 12.1. The van der Waals surface area contributed by atoms with Crippen molar-refractivity contribution in [2.75, 3.05) is 0 Å². The van der Waals surface area contributed by atoms with Gasteiger partial charge in [0, 0.05) is 0 Å². The third-order valence-electron chi connectivity index (χ3n) is 2.58. The van der Waals surface area contributed by atoms with Gasteiger partial charge in [-0.15, -0.1) is 10.2 Å². The molecule has 0 fully saturated rings. The van der Waals surface area contributed by atoms with Gasteiger partial charge in [0.2, 0.25) is 11.8 Å². The van der Waals surface area contributed by atoms with E-state index in [-0.39, 0.29) is 18.3 Å². The molecule has 13 nitrogen and oxygen atoms in total. The zero-order valence-electron chi connectivity index (χ0n) is 12.1. The molecule has 24 heavy (non-hydrogen) atoms. The summed E-state index contributed by atoms with van der Waals surface area (Å²) in [6, 6.07) is -3.58. The molecule has 0 aliphatic carbocycles. The van der Waals surface area contributed by atoms with Crippen LogP contribution >= 0.6 is 0 Å². The molecule has 0 saturated carbocycles. The molecule has 1 unspecified atom stereocenters. The standard InChI is InChI=1S/C11H15N5O8/c12-4(1-7(17)18)9-16-15-6(24-9)3-13-11(23)14-5(10(21)22)2-8(19)20/h4-5H,1-3,12H2,(H,17,18)(H,19,20)(H,21,22)(H2,13,14,23)/t4-,5?/m0/s1. The Morgan fingerprint density at radius 1 is 1.08 bits per heavy atom. The van der Waals surface area contributed by atoms with E-state index < -0.39 is 48.9 Å². The number of nitrogens with one attached hydrogen (secondary N) is 2. The maximum absolute atomic E-state index is 11.5. The molecule has 0 aliphatic rings. The molecule has 7 N–H and O–H groups in total. The minimum atomic E-state index is -1.61. The number of carbonyl (C=O) groups is 4. The van der Waals surface area contributed by atoms with E-state index in [0.717, 1.165) is 0 Å². The number of carbonyl (C=O) groups excluding carboxylic acids is 1. The lowest BCUT2D eigenvalue weighted by atomic mass is 10.2. The van der Waals surface area contributed by atoms with Crippen molar-refractivity contribution in [1.82, 2.24) is 20.8 Å². The molecule has 0 radical (unpaired) electrons.